The van der Waals surface area contributed by atoms with Crippen LogP contribution in [-0.2, 0) is 10.6 Å². The van der Waals surface area contributed by atoms with E-state index in [0.29, 0.717) is 5.52 Å². The van der Waals surface area contributed by atoms with Crippen LogP contribution >= 0.6 is 0 Å². The summed E-state index contributed by atoms with van der Waals surface area (Å²) >= 11 is 0. The molecule has 0 bridgehead atoms. The zero-order valence-electron chi connectivity index (χ0n) is 15.7. The molecule has 10 heteroatoms. The van der Waals surface area contributed by atoms with Gasteiger partial charge in [0.1, 0.15) is 18.0 Å². The molecule has 154 valence electrons. The molecule has 1 aromatic carbocycles. The van der Waals surface area contributed by atoms with E-state index < -0.39 is 36.5 Å². The first kappa shape index (κ1) is 18.7. The smallest absolute Gasteiger partial charge is 0.394 e. The number of ether oxygens (including phenoxy) is 1. The monoisotopic (exact) mass is 410 g/mol. The first-order valence-electron chi connectivity index (χ1n) is 9.39. The van der Waals surface area contributed by atoms with E-state index in [1.165, 1.54) is 12.3 Å². The fraction of sp³-hybridized carbons (Fsp3) is 0.250. The Kier molecular flexibility index (Phi) is 4.12. The van der Waals surface area contributed by atoms with Crippen LogP contribution in [0.1, 0.15) is 0 Å². The maximum Gasteiger partial charge on any atom is 0.396 e. The van der Waals surface area contributed by atoms with Crippen LogP contribution in [0, 0.1) is 0 Å². The Hall–Kier alpha value is -3.31. The van der Waals surface area contributed by atoms with E-state index >= 15 is 0 Å². The first-order chi connectivity index (χ1) is 14.5. The average molecular weight is 410 g/mol. The summed E-state index contributed by atoms with van der Waals surface area (Å²) in [5.41, 5.74) is 6.36. The van der Waals surface area contributed by atoms with Crippen LogP contribution in [0.4, 0.5) is 5.82 Å². The van der Waals surface area contributed by atoms with Gasteiger partial charge < -0.3 is 26.0 Å². The molecule has 4 heterocycles. The van der Waals surface area contributed by atoms with E-state index in [0.717, 1.165) is 20.9 Å². The highest BCUT2D eigenvalue weighted by molar-refractivity contribution is 6.01. The highest BCUT2D eigenvalue weighted by atomic mass is 16.6. The number of pyridine rings is 1. The van der Waals surface area contributed by atoms with Crippen molar-refractivity contribution >= 4 is 27.6 Å². The lowest BCUT2D eigenvalue weighted by Gasteiger charge is -2.27. The summed E-state index contributed by atoms with van der Waals surface area (Å²) < 4.78 is 8.68. The molecule has 4 atom stereocenters. The molecule has 1 aliphatic heterocycles. The number of aliphatic hydroxyl groups excluding tert-OH is 3. The van der Waals surface area contributed by atoms with Crippen molar-refractivity contribution in [3.63, 3.8) is 0 Å². The maximum absolute atomic E-state index is 12.8. The SMILES string of the molecule is Nc1ccn([C@]2([n+]3ccc4ccc5[nH]cccc5c43)O[C@H](CO)[C@@H](O)[C@H]2O)c(=O)n1. The lowest BCUT2D eigenvalue weighted by molar-refractivity contribution is -0.799. The van der Waals surface area contributed by atoms with Crippen LogP contribution in [0.2, 0.25) is 0 Å². The van der Waals surface area contributed by atoms with Crippen molar-refractivity contribution in [3.8, 4) is 0 Å². The van der Waals surface area contributed by atoms with E-state index in [-0.39, 0.29) is 5.82 Å². The summed E-state index contributed by atoms with van der Waals surface area (Å²) in [7, 11) is 0. The molecule has 5 rings (SSSR count). The van der Waals surface area contributed by atoms with Gasteiger partial charge >= 0.3 is 11.5 Å². The number of nitrogens with zero attached hydrogens (tertiary/aromatic N) is 3. The highest BCUT2D eigenvalue weighted by Crippen LogP contribution is 2.35. The van der Waals surface area contributed by atoms with Gasteiger partial charge in [0.2, 0.25) is 5.52 Å². The zero-order valence-corrected chi connectivity index (χ0v) is 15.7. The fourth-order valence-corrected chi connectivity index (χ4v) is 4.21. The first-order valence-corrected chi connectivity index (χ1v) is 9.39. The zero-order chi connectivity index (χ0) is 21.0. The molecule has 6 N–H and O–H groups in total. The lowest BCUT2D eigenvalue weighted by Crippen LogP contribution is -2.69. The van der Waals surface area contributed by atoms with Crippen LogP contribution in [0.25, 0.3) is 21.8 Å². The van der Waals surface area contributed by atoms with Crippen molar-refractivity contribution < 1.29 is 24.6 Å². The predicted molar refractivity (Wildman–Crippen MR) is 106 cm³/mol. The molecule has 4 aromatic rings. The topological polar surface area (TPSA) is 150 Å². The highest BCUT2D eigenvalue weighted by Gasteiger charge is 2.64. The Balaban J connectivity index is 1.89. The maximum atomic E-state index is 12.8. The predicted octanol–water partition coefficient (Wildman–Crippen LogP) is -0.981. The van der Waals surface area contributed by atoms with Crippen molar-refractivity contribution in [3.05, 3.63) is 65.5 Å². The number of fused-ring (bicyclic) bond motifs is 3. The number of aromatic amines is 1. The third kappa shape index (κ3) is 2.42. The van der Waals surface area contributed by atoms with E-state index in [9.17, 15) is 20.1 Å². The number of hydrogen-bond donors (Lipinski definition) is 5. The van der Waals surface area contributed by atoms with Gasteiger partial charge in [-0.25, -0.2) is 9.36 Å². The number of rotatable bonds is 3. The number of hydrogen-bond acceptors (Lipinski definition) is 7. The van der Waals surface area contributed by atoms with Gasteiger partial charge in [-0.1, -0.05) is 0 Å². The summed E-state index contributed by atoms with van der Waals surface area (Å²) in [6, 6.07) is 10.7. The van der Waals surface area contributed by atoms with Gasteiger partial charge in [0, 0.05) is 18.5 Å². The number of aliphatic hydroxyl groups is 3. The molecule has 1 saturated heterocycles. The number of nitrogen functional groups attached to an aromatic ring is 1. The van der Waals surface area contributed by atoms with Crippen molar-refractivity contribution in [2.75, 3.05) is 12.3 Å². The molecule has 0 amide bonds. The summed E-state index contributed by atoms with van der Waals surface area (Å²) in [5.74, 6) is -1.88. The van der Waals surface area contributed by atoms with Crippen LogP contribution < -0.4 is 16.0 Å². The van der Waals surface area contributed by atoms with Crippen molar-refractivity contribution in [1.29, 1.82) is 0 Å². The fourth-order valence-electron chi connectivity index (χ4n) is 4.21. The minimum absolute atomic E-state index is 0.00978. The number of benzene rings is 1. The Morgan fingerprint density at radius 1 is 1.27 bits per heavy atom. The summed E-state index contributed by atoms with van der Waals surface area (Å²) in [6.45, 7) is -0.551. The number of nitrogens with one attached hydrogen (secondary N) is 1. The molecule has 10 nitrogen and oxygen atoms in total. The van der Waals surface area contributed by atoms with Crippen molar-refractivity contribution in [2.45, 2.75) is 24.2 Å². The molecule has 3 aromatic heterocycles. The summed E-state index contributed by atoms with van der Waals surface area (Å²) in [6.07, 6.45) is 0.648. The lowest BCUT2D eigenvalue weighted by atomic mass is 10.1. The molecule has 0 spiro atoms. The van der Waals surface area contributed by atoms with Crippen molar-refractivity contribution in [2.24, 2.45) is 0 Å². The van der Waals surface area contributed by atoms with Crippen LogP contribution in [0.3, 0.4) is 0 Å². The van der Waals surface area contributed by atoms with Gasteiger partial charge in [-0.3, -0.25) is 4.74 Å². The molecular weight excluding hydrogens is 390 g/mol. The second-order valence-electron chi connectivity index (χ2n) is 7.26. The Bertz CT molecular complexity index is 1320. The minimum Gasteiger partial charge on any atom is -0.394 e. The quantitative estimate of drug-likeness (QED) is 0.272. The van der Waals surface area contributed by atoms with Crippen LogP contribution in [0.15, 0.2) is 59.8 Å². The molecule has 0 aliphatic carbocycles. The van der Waals surface area contributed by atoms with E-state index in [1.807, 2.05) is 30.3 Å². The molecule has 1 aliphatic rings. The second-order valence-corrected chi connectivity index (χ2v) is 7.26. The number of nitrogens with two attached hydrogens (primary N) is 1. The normalized spacial score (nSPS) is 26.6. The number of anilines is 1. The second kappa shape index (κ2) is 6.61. The summed E-state index contributed by atoms with van der Waals surface area (Å²) in [5, 5.41) is 33.0. The molecule has 30 heavy (non-hydrogen) atoms. The van der Waals surface area contributed by atoms with Crippen LogP contribution in [0.5, 0.6) is 0 Å². The van der Waals surface area contributed by atoms with Gasteiger partial charge in [0.05, 0.1) is 22.9 Å². The van der Waals surface area contributed by atoms with Gasteiger partial charge in [0.15, 0.2) is 12.3 Å². The third-order valence-corrected chi connectivity index (χ3v) is 5.60. The van der Waals surface area contributed by atoms with Gasteiger partial charge in [0.25, 0.3) is 0 Å². The minimum atomic E-state index is -1.89. The molecular formula is C20H20N5O5+. The van der Waals surface area contributed by atoms with Gasteiger partial charge in [-0.15, -0.1) is 4.57 Å². The Morgan fingerprint density at radius 2 is 2.10 bits per heavy atom. The molecule has 0 radical (unpaired) electrons. The summed E-state index contributed by atoms with van der Waals surface area (Å²) in [4.78, 5) is 19.7. The van der Waals surface area contributed by atoms with Gasteiger partial charge in [-0.05, 0) is 30.3 Å². The standard InChI is InChI=1S/C20H19N5O5/c21-15-6-9-25(19(29)23-15)20(18(28)17(27)14(10-26)30-20)24-8-5-11-3-4-13-12(16(11)24)2-1-7-22-13/h1-9,14,17-18,26-28H,10H2,(H2,21,23,29)/p+1/t14-,17-,18-,20+/m1/s1. The molecule has 0 saturated carbocycles. The van der Waals surface area contributed by atoms with E-state index in [2.05, 4.69) is 9.97 Å². The number of H-pyrrole nitrogens is 1. The Morgan fingerprint density at radius 3 is 2.83 bits per heavy atom. The molecule has 0 unspecified atom stereocenters. The third-order valence-electron chi connectivity index (χ3n) is 5.60. The van der Waals surface area contributed by atoms with Gasteiger partial charge in [-0.2, -0.15) is 4.98 Å². The number of aromatic nitrogens is 4. The Labute approximate surface area is 169 Å². The van der Waals surface area contributed by atoms with Crippen molar-refractivity contribution in [1.82, 2.24) is 14.5 Å². The molecule has 1 fully saturated rings. The van der Waals surface area contributed by atoms with E-state index in [4.69, 9.17) is 10.5 Å². The van der Waals surface area contributed by atoms with E-state index in [1.54, 1.807) is 17.0 Å². The largest absolute Gasteiger partial charge is 0.396 e. The van der Waals surface area contributed by atoms with Crippen LogP contribution in [-0.4, -0.2) is 54.8 Å². The average Bonchev–Trinajstić information content (AvgIpc) is 3.29.